The number of benzene rings is 2. The lowest BCUT2D eigenvalue weighted by molar-refractivity contribution is 0.252. The Bertz CT molecular complexity index is 1100. The number of nitrogens with zero attached hydrogens (tertiary/aromatic N) is 2. The predicted molar refractivity (Wildman–Crippen MR) is 112 cm³/mol. The van der Waals surface area contributed by atoms with Crippen LogP contribution in [0.3, 0.4) is 0 Å². The van der Waals surface area contributed by atoms with E-state index >= 15 is 0 Å². The lowest BCUT2D eigenvalue weighted by Gasteiger charge is -2.28. The third-order valence-corrected chi connectivity index (χ3v) is 7.39. The number of anilines is 1. The van der Waals surface area contributed by atoms with E-state index in [1.165, 1.54) is 33.3 Å². The van der Waals surface area contributed by atoms with Crippen molar-refractivity contribution in [2.24, 2.45) is 0 Å². The van der Waals surface area contributed by atoms with Gasteiger partial charge in [0.05, 0.1) is 17.0 Å². The highest BCUT2D eigenvalue weighted by Gasteiger charge is 2.28. The first kappa shape index (κ1) is 19.6. The van der Waals surface area contributed by atoms with E-state index in [4.69, 9.17) is 0 Å². The zero-order valence-electron chi connectivity index (χ0n) is 15.5. The van der Waals surface area contributed by atoms with E-state index in [1.54, 1.807) is 23.8 Å². The second-order valence-corrected chi connectivity index (χ2v) is 9.57. The largest absolute Gasteiger partial charge is 0.333 e. The van der Waals surface area contributed by atoms with Crippen LogP contribution in [0.15, 0.2) is 65.1 Å². The Morgan fingerprint density at radius 1 is 1.10 bits per heavy atom. The van der Waals surface area contributed by atoms with Crippen molar-refractivity contribution in [3.05, 3.63) is 76.2 Å². The van der Waals surface area contributed by atoms with E-state index in [9.17, 15) is 13.2 Å². The van der Waals surface area contributed by atoms with E-state index < -0.39 is 10.0 Å². The monoisotopic (exact) mass is 428 g/mol. The molecule has 2 aromatic carbocycles. The molecule has 1 aromatic heterocycles. The normalized spacial score (nSPS) is 14.2. The van der Waals surface area contributed by atoms with Crippen LogP contribution in [-0.2, 0) is 29.5 Å². The number of fused-ring (bicyclic) bond motifs is 1. The van der Waals surface area contributed by atoms with Crippen molar-refractivity contribution in [1.29, 1.82) is 0 Å². The summed E-state index contributed by atoms with van der Waals surface area (Å²) in [6.07, 6.45) is 2.40. The fraction of sp³-hybridized carbons (Fsp3) is 0.200. The summed E-state index contributed by atoms with van der Waals surface area (Å²) < 4.78 is 27.5. The van der Waals surface area contributed by atoms with Gasteiger partial charge in [-0.3, -0.25) is 4.98 Å². The maximum absolute atomic E-state index is 13.0. The van der Waals surface area contributed by atoms with Crippen LogP contribution >= 0.6 is 11.3 Å². The molecule has 4 rings (SSSR count). The van der Waals surface area contributed by atoms with Crippen LogP contribution in [0.25, 0.3) is 0 Å². The lowest BCUT2D eigenvalue weighted by Crippen LogP contribution is -2.35. The Hall–Kier alpha value is -2.75. The Morgan fingerprint density at radius 3 is 2.59 bits per heavy atom. The molecule has 0 fully saturated rings. The molecule has 9 heteroatoms. The molecule has 29 heavy (non-hydrogen) atoms. The SMILES string of the molecule is O=C(NCc1cncs1)Nc1ccc(S(=O)(=O)N2CCc3ccccc3C2)cc1. The van der Waals surface area contributed by atoms with Gasteiger partial charge in [-0.2, -0.15) is 4.31 Å². The Labute approximate surface area is 173 Å². The van der Waals surface area contributed by atoms with Gasteiger partial charge in [0.1, 0.15) is 0 Å². The minimum Gasteiger partial charge on any atom is -0.333 e. The molecule has 2 heterocycles. The van der Waals surface area contributed by atoms with Gasteiger partial charge in [-0.25, -0.2) is 13.2 Å². The molecular formula is C20H20N4O3S2. The summed E-state index contributed by atoms with van der Waals surface area (Å²) in [7, 11) is -3.59. The fourth-order valence-electron chi connectivity index (χ4n) is 3.21. The average molecular weight is 429 g/mol. The van der Waals surface area contributed by atoms with E-state index in [0.717, 1.165) is 10.4 Å². The van der Waals surface area contributed by atoms with E-state index in [0.29, 0.717) is 31.7 Å². The molecule has 1 aliphatic heterocycles. The van der Waals surface area contributed by atoms with Crippen molar-refractivity contribution in [2.75, 3.05) is 11.9 Å². The van der Waals surface area contributed by atoms with Gasteiger partial charge in [-0.15, -0.1) is 11.3 Å². The smallest absolute Gasteiger partial charge is 0.319 e. The van der Waals surface area contributed by atoms with Crippen LogP contribution in [0.1, 0.15) is 16.0 Å². The number of nitrogens with one attached hydrogen (secondary N) is 2. The van der Waals surface area contributed by atoms with E-state index in [1.807, 2.05) is 24.3 Å². The summed E-state index contributed by atoms with van der Waals surface area (Å²) in [6.45, 7) is 1.22. The van der Waals surface area contributed by atoms with Crippen molar-refractivity contribution in [1.82, 2.24) is 14.6 Å². The third kappa shape index (κ3) is 4.47. The molecule has 150 valence electrons. The summed E-state index contributed by atoms with van der Waals surface area (Å²) >= 11 is 1.46. The molecule has 0 bridgehead atoms. The second kappa shape index (κ2) is 8.32. The van der Waals surface area contributed by atoms with E-state index in [-0.39, 0.29) is 10.9 Å². The molecular weight excluding hydrogens is 408 g/mol. The maximum Gasteiger partial charge on any atom is 0.319 e. The summed E-state index contributed by atoms with van der Waals surface area (Å²) in [5.41, 5.74) is 4.46. The number of amides is 2. The Kier molecular flexibility index (Phi) is 5.61. The molecule has 0 unspecified atom stereocenters. The maximum atomic E-state index is 13.0. The van der Waals surface area contributed by atoms with Crippen molar-refractivity contribution < 1.29 is 13.2 Å². The van der Waals surface area contributed by atoms with Gasteiger partial charge in [0.2, 0.25) is 10.0 Å². The van der Waals surface area contributed by atoms with Gasteiger partial charge in [-0.1, -0.05) is 24.3 Å². The van der Waals surface area contributed by atoms with Crippen LogP contribution in [0.5, 0.6) is 0 Å². The minimum atomic E-state index is -3.59. The van der Waals surface area contributed by atoms with Gasteiger partial charge in [0, 0.05) is 29.9 Å². The van der Waals surface area contributed by atoms with Crippen LogP contribution in [0.2, 0.25) is 0 Å². The van der Waals surface area contributed by atoms with Crippen molar-refractivity contribution in [3.63, 3.8) is 0 Å². The van der Waals surface area contributed by atoms with Crippen molar-refractivity contribution in [3.8, 4) is 0 Å². The predicted octanol–water partition coefficient (Wildman–Crippen LogP) is 3.21. The topological polar surface area (TPSA) is 91.4 Å². The Balaban J connectivity index is 1.40. The first-order valence-electron chi connectivity index (χ1n) is 9.11. The van der Waals surface area contributed by atoms with Gasteiger partial charge >= 0.3 is 6.03 Å². The van der Waals surface area contributed by atoms with Crippen LogP contribution in [0, 0.1) is 0 Å². The number of hydrogen-bond acceptors (Lipinski definition) is 5. The molecule has 0 saturated heterocycles. The van der Waals surface area contributed by atoms with Crippen LogP contribution in [-0.4, -0.2) is 30.3 Å². The summed E-state index contributed by atoms with van der Waals surface area (Å²) in [5, 5.41) is 5.43. The highest BCUT2D eigenvalue weighted by molar-refractivity contribution is 7.89. The third-order valence-electron chi connectivity index (χ3n) is 4.75. The van der Waals surface area contributed by atoms with E-state index in [2.05, 4.69) is 15.6 Å². The Morgan fingerprint density at radius 2 is 1.86 bits per heavy atom. The number of sulfonamides is 1. The number of hydrogen-bond donors (Lipinski definition) is 2. The zero-order chi connectivity index (χ0) is 20.3. The number of aromatic nitrogens is 1. The van der Waals surface area contributed by atoms with Crippen LogP contribution in [0.4, 0.5) is 10.5 Å². The number of thiazole rings is 1. The second-order valence-electron chi connectivity index (χ2n) is 6.66. The first-order valence-corrected chi connectivity index (χ1v) is 11.4. The molecule has 3 aromatic rings. The number of rotatable bonds is 5. The highest BCUT2D eigenvalue weighted by atomic mass is 32.2. The number of urea groups is 1. The van der Waals surface area contributed by atoms with Crippen molar-refractivity contribution >= 4 is 33.1 Å². The quantitative estimate of drug-likeness (QED) is 0.653. The fourth-order valence-corrected chi connectivity index (χ4v) is 5.16. The molecule has 2 amide bonds. The molecule has 7 nitrogen and oxygen atoms in total. The number of carbonyl (C=O) groups is 1. The van der Waals surface area contributed by atoms with Crippen molar-refractivity contribution in [2.45, 2.75) is 24.4 Å². The molecule has 0 atom stereocenters. The molecule has 0 aliphatic carbocycles. The number of carbonyl (C=O) groups excluding carboxylic acids is 1. The highest BCUT2D eigenvalue weighted by Crippen LogP contribution is 2.25. The standard InChI is InChI=1S/C20H20N4O3S2/c25-20(22-12-18-11-21-14-28-18)23-17-5-7-19(8-6-17)29(26,27)24-10-9-15-3-1-2-4-16(15)13-24/h1-8,11,14H,9-10,12-13H2,(H2,22,23,25). The molecule has 0 saturated carbocycles. The first-order chi connectivity index (χ1) is 14.0. The minimum absolute atomic E-state index is 0.215. The van der Waals surface area contributed by atoms with Gasteiger partial charge in [0.25, 0.3) is 0 Å². The lowest BCUT2D eigenvalue weighted by atomic mass is 10.0. The zero-order valence-corrected chi connectivity index (χ0v) is 17.2. The molecule has 0 radical (unpaired) electrons. The van der Waals surface area contributed by atoms with Gasteiger partial charge in [-0.05, 0) is 41.8 Å². The average Bonchev–Trinajstić information content (AvgIpc) is 3.26. The van der Waals surface area contributed by atoms with Crippen LogP contribution < -0.4 is 10.6 Å². The van der Waals surface area contributed by atoms with Gasteiger partial charge in [0.15, 0.2) is 0 Å². The molecule has 2 N–H and O–H groups in total. The molecule has 0 spiro atoms. The van der Waals surface area contributed by atoms with Gasteiger partial charge < -0.3 is 10.6 Å². The molecule has 1 aliphatic rings. The summed E-state index contributed by atoms with van der Waals surface area (Å²) in [6, 6.07) is 13.8. The summed E-state index contributed by atoms with van der Waals surface area (Å²) in [5.74, 6) is 0. The summed E-state index contributed by atoms with van der Waals surface area (Å²) in [4.78, 5) is 17.1.